The van der Waals surface area contributed by atoms with E-state index in [1.54, 1.807) is 17.1 Å². The van der Waals surface area contributed by atoms with Crippen molar-refractivity contribution < 1.29 is 4.74 Å². The fraction of sp³-hybridized carbons (Fsp3) is 0.389. The molecule has 7 nitrogen and oxygen atoms in total. The number of allylic oxidation sites excluding steroid dienone is 2. The van der Waals surface area contributed by atoms with Crippen LogP contribution in [0.3, 0.4) is 0 Å². The summed E-state index contributed by atoms with van der Waals surface area (Å²) < 4.78 is 7.58. The fourth-order valence-corrected chi connectivity index (χ4v) is 2.59. The van der Waals surface area contributed by atoms with E-state index in [1.807, 2.05) is 29.5 Å². The van der Waals surface area contributed by atoms with Crippen LogP contribution in [0.4, 0.5) is 5.82 Å². The molecule has 2 aromatic heterocycles. The maximum atomic E-state index is 5.81. The number of aromatic nitrogens is 4. The van der Waals surface area contributed by atoms with Crippen LogP contribution in [0.25, 0.3) is 5.70 Å². The largest absolute Gasteiger partial charge is 0.491 e. The van der Waals surface area contributed by atoms with Gasteiger partial charge >= 0.3 is 0 Å². The fourth-order valence-electron chi connectivity index (χ4n) is 2.59. The Kier molecular flexibility index (Phi) is 3.71. The molecule has 1 N–H and O–H groups in total. The smallest absolute Gasteiger partial charge is 0.152 e. The van der Waals surface area contributed by atoms with E-state index in [0.717, 1.165) is 35.8 Å². The number of anilines is 1. The Morgan fingerprint density at radius 1 is 1.24 bits per heavy atom. The van der Waals surface area contributed by atoms with E-state index < -0.39 is 0 Å². The van der Waals surface area contributed by atoms with Gasteiger partial charge in [-0.3, -0.25) is 5.43 Å². The molecule has 0 saturated heterocycles. The van der Waals surface area contributed by atoms with Crippen molar-refractivity contribution in [1.29, 1.82) is 0 Å². The minimum absolute atomic E-state index is 0.120. The summed E-state index contributed by atoms with van der Waals surface area (Å²) >= 11 is 0. The van der Waals surface area contributed by atoms with Crippen LogP contribution in [-0.2, 0) is 0 Å². The number of nitrogens with zero attached hydrogens (tertiary/aromatic N) is 5. The molecule has 0 aromatic carbocycles. The van der Waals surface area contributed by atoms with Crippen LogP contribution < -0.4 is 15.2 Å². The van der Waals surface area contributed by atoms with Crippen LogP contribution in [0.2, 0.25) is 0 Å². The maximum Gasteiger partial charge on any atom is 0.152 e. The van der Waals surface area contributed by atoms with E-state index in [4.69, 9.17) is 4.74 Å². The van der Waals surface area contributed by atoms with Crippen LogP contribution in [0.1, 0.15) is 33.6 Å². The number of pyridine rings is 1. The highest BCUT2D eigenvalue weighted by Crippen LogP contribution is 2.40. The molecular formula is C18H22N6O. The minimum Gasteiger partial charge on any atom is -0.491 e. The first-order valence-corrected chi connectivity index (χ1v) is 8.46. The third-order valence-corrected chi connectivity index (χ3v) is 3.92. The van der Waals surface area contributed by atoms with Gasteiger partial charge in [0.05, 0.1) is 30.9 Å². The molecule has 1 fully saturated rings. The predicted molar refractivity (Wildman–Crippen MR) is 95.4 cm³/mol. The summed E-state index contributed by atoms with van der Waals surface area (Å²) in [6.45, 7) is 7.10. The van der Waals surface area contributed by atoms with Gasteiger partial charge in [-0.05, 0) is 36.0 Å². The number of nitrogens with one attached hydrogen (secondary N) is 1. The molecule has 0 atom stereocenters. The standard InChI is InChI=1S/C18H22N6O/c1-18(2,3)12-25-14-6-7-16(19-10-14)24-17(13-4-5-13)15(11-21-24)23-9-8-20-22-23/h6-11,21H,4-5,12H2,1-3H3. The number of hydrogen-bond acceptors (Lipinski definition) is 6. The van der Waals surface area contributed by atoms with Gasteiger partial charge in [-0.15, -0.1) is 5.10 Å². The van der Waals surface area contributed by atoms with Crippen LogP contribution in [0.15, 0.2) is 48.2 Å². The quantitative estimate of drug-likeness (QED) is 0.924. The summed E-state index contributed by atoms with van der Waals surface area (Å²) in [6, 6.07) is 3.92. The molecule has 130 valence electrons. The second-order valence-corrected chi connectivity index (χ2v) is 7.50. The van der Waals surface area contributed by atoms with Gasteiger partial charge in [-0.25, -0.2) is 14.7 Å². The van der Waals surface area contributed by atoms with Crippen molar-refractivity contribution in [3.05, 3.63) is 48.2 Å². The molecular weight excluding hydrogens is 316 g/mol. The average molecular weight is 338 g/mol. The molecule has 1 saturated carbocycles. The second-order valence-electron chi connectivity index (χ2n) is 7.50. The van der Waals surface area contributed by atoms with Crippen molar-refractivity contribution in [2.45, 2.75) is 33.6 Å². The summed E-state index contributed by atoms with van der Waals surface area (Å²) in [5.41, 5.74) is 6.89. The van der Waals surface area contributed by atoms with Crippen molar-refractivity contribution in [3.8, 4) is 5.75 Å². The van der Waals surface area contributed by atoms with E-state index in [-0.39, 0.29) is 5.41 Å². The number of rotatable bonds is 4. The zero-order chi connectivity index (χ0) is 17.4. The molecule has 1 aliphatic carbocycles. The van der Waals surface area contributed by atoms with Gasteiger partial charge in [-0.2, -0.15) is 0 Å². The highest BCUT2D eigenvalue weighted by atomic mass is 16.5. The maximum absolute atomic E-state index is 5.81. The summed E-state index contributed by atoms with van der Waals surface area (Å²) in [5, 5.41) is 10.00. The molecule has 1 aliphatic heterocycles. The van der Waals surface area contributed by atoms with E-state index >= 15 is 0 Å². The van der Waals surface area contributed by atoms with Gasteiger partial charge in [0.25, 0.3) is 0 Å². The van der Waals surface area contributed by atoms with E-state index in [1.165, 1.54) is 5.57 Å². The third kappa shape index (κ3) is 3.35. The highest BCUT2D eigenvalue weighted by Gasteiger charge is 2.31. The Labute approximate surface area is 147 Å². The lowest BCUT2D eigenvalue weighted by Gasteiger charge is -2.21. The number of hydrazine groups is 1. The van der Waals surface area contributed by atoms with Crippen molar-refractivity contribution in [1.82, 2.24) is 25.4 Å². The summed E-state index contributed by atoms with van der Waals surface area (Å²) in [6.07, 6.45) is 9.43. The first kappa shape index (κ1) is 15.7. The number of hydrogen-bond donors (Lipinski definition) is 1. The minimum atomic E-state index is 0.120. The van der Waals surface area contributed by atoms with Gasteiger partial charge in [0.15, 0.2) is 5.82 Å². The Balaban J connectivity index is 1.54. The van der Waals surface area contributed by atoms with Gasteiger partial charge < -0.3 is 4.74 Å². The predicted octanol–water partition coefficient (Wildman–Crippen LogP) is 2.97. The second kappa shape index (κ2) is 5.91. The molecule has 7 heteroatoms. The highest BCUT2D eigenvalue weighted by molar-refractivity contribution is 5.76. The lowest BCUT2D eigenvalue weighted by atomic mass is 9.99. The molecule has 0 bridgehead atoms. The van der Waals surface area contributed by atoms with Crippen molar-refractivity contribution >= 4 is 11.5 Å². The molecule has 2 aliphatic rings. The molecule has 4 rings (SSSR count). The third-order valence-electron chi connectivity index (χ3n) is 3.92. The Morgan fingerprint density at radius 2 is 2.08 bits per heavy atom. The van der Waals surface area contributed by atoms with Crippen LogP contribution >= 0.6 is 0 Å². The zero-order valence-corrected chi connectivity index (χ0v) is 14.7. The summed E-state index contributed by atoms with van der Waals surface area (Å²) in [4.78, 5) is 4.56. The van der Waals surface area contributed by atoms with E-state index in [2.05, 4.69) is 41.5 Å². The van der Waals surface area contributed by atoms with Crippen LogP contribution in [0.5, 0.6) is 5.75 Å². The first-order chi connectivity index (χ1) is 12.0. The monoisotopic (exact) mass is 338 g/mol. The average Bonchev–Trinajstić information content (AvgIpc) is 3.10. The van der Waals surface area contributed by atoms with Gasteiger partial charge in [0.1, 0.15) is 11.4 Å². The Hall–Kier alpha value is -2.83. The molecule has 0 spiro atoms. The lowest BCUT2D eigenvalue weighted by Crippen LogP contribution is -2.29. The molecule has 2 aromatic rings. The molecule has 25 heavy (non-hydrogen) atoms. The Morgan fingerprint density at radius 3 is 2.68 bits per heavy atom. The van der Waals surface area contributed by atoms with Crippen LogP contribution in [0, 0.1) is 5.41 Å². The van der Waals surface area contributed by atoms with Crippen molar-refractivity contribution in [3.63, 3.8) is 0 Å². The molecule has 0 amide bonds. The Bertz CT molecular complexity index is 808. The van der Waals surface area contributed by atoms with Gasteiger partial charge in [-0.1, -0.05) is 26.0 Å². The van der Waals surface area contributed by atoms with Gasteiger partial charge in [0.2, 0.25) is 0 Å². The normalized spacial score (nSPS) is 16.8. The summed E-state index contributed by atoms with van der Waals surface area (Å²) in [5.74, 6) is 1.60. The van der Waals surface area contributed by atoms with Crippen LogP contribution in [-0.4, -0.2) is 26.6 Å². The number of ether oxygens (including phenoxy) is 1. The zero-order valence-electron chi connectivity index (χ0n) is 14.7. The molecule has 0 radical (unpaired) electrons. The molecule has 0 unspecified atom stereocenters. The first-order valence-electron chi connectivity index (χ1n) is 8.46. The lowest BCUT2D eigenvalue weighted by molar-refractivity contribution is 0.197. The van der Waals surface area contributed by atoms with E-state index in [0.29, 0.717) is 6.61 Å². The van der Waals surface area contributed by atoms with Crippen molar-refractivity contribution in [2.24, 2.45) is 5.41 Å². The van der Waals surface area contributed by atoms with Gasteiger partial charge in [0, 0.05) is 6.20 Å². The SMILES string of the molecule is CC(C)(C)COc1ccc(N2NC=C(n3ccnn3)C2=C2CC2)nc1. The molecule has 3 heterocycles. The summed E-state index contributed by atoms with van der Waals surface area (Å²) in [7, 11) is 0. The van der Waals surface area contributed by atoms with E-state index in [9.17, 15) is 0 Å². The topological polar surface area (TPSA) is 68.1 Å². The van der Waals surface area contributed by atoms with Crippen molar-refractivity contribution in [2.75, 3.05) is 11.6 Å².